The van der Waals surface area contributed by atoms with Crippen LogP contribution in [0.1, 0.15) is 27.2 Å². The molecule has 0 spiro atoms. The summed E-state index contributed by atoms with van der Waals surface area (Å²) in [7, 11) is 1.53. The number of nitrogens with zero attached hydrogens (tertiary/aromatic N) is 2. The largest absolute Gasteiger partial charge is 0.496 e. The third-order valence-corrected chi connectivity index (χ3v) is 5.65. The Balaban J connectivity index is 1.64. The summed E-state index contributed by atoms with van der Waals surface area (Å²) in [4.78, 5) is 12.5. The van der Waals surface area contributed by atoms with Crippen LogP contribution in [-0.4, -0.2) is 23.8 Å². The van der Waals surface area contributed by atoms with Gasteiger partial charge in [0.1, 0.15) is 5.75 Å². The number of fused-ring (bicyclic) bond motifs is 1. The number of amides is 1. The van der Waals surface area contributed by atoms with E-state index in [0.29, 0.717) is 17.9 Å². The van der Waals surface area contributed by atoms with Crippen molar-refractivity contribution in [3.8, 4) is 5.75 Å². The van der Waals surface area contributed by atoms with Crippen LogP contribution in [0.15, 0.2) is 77.9 Å². The molecular weight excluding hydrogens is 410 g/mol. The molecule has 0 atom stereocenters. The number of hydrogen-bond donors (Lipinski definition) is 1. The van der Waals surface area contributed by atoms with Crippen molar-refractivity contribution < 1.29 is 9.53 Å². The quantitative estimate of drug-likeness (QED) is 0.327. The van der Waals surface area contributed by atoms with E-state index in [9.17, 15) is 4.79 Å². The molecule has 4 rings (SSSR count). The molecule has 1 amide bonds. The van der Waals surface area contributed by atoms with Gasteiger partial charge in [-0.05, 0) is 36.8 Å². The zero-order valence-corrected chi connectivity index (χ0v) is 18.1. The molecule has 5 nitrogen and oxygen atoms in total. The summed E-state index contributed by atoms with van der Waals surface area (Å²) >= 11 is 6.39. The first kappa shape index (κ1) is 20.7. The molecule has 4 aromatic rings. The molecule has 0 aliphatic carbocycles. The van der Waals surface area contributed by atoms with Crippen molar-refractivity contribution in [1.29, 1.82) is 0 Å². The molecule has 1 heterocycles. The Morgan fingerprint density at radius 1 is 1.06 bits per heavy atom. The van der Waals surface area contributed by atoms with Crippen molar-refractivity contribution in [2.75, 3.05) is 7.11 Å². The predicted octanol–water partition coefficient (Wildman–Crippen LogP) is 5.42. The van der Waals surface area contributed by atoms with Crippen molar-refractivity contribution in [2.24, 2.45) is 5.10 Å². The molecular formula is C25H22ClN3O2. The smallest absolute Gasteiger partial charge is 0.275 e. The van der Waals surface area contributed by atoms with Gasteiger partial charge in [0.2, 0.25) is 0 Å². The van der Waals surface area contributed by atoms with Crippen LogP contribution in [0.4, 0.5) is 0 Å². The number of methoxy groups -OCH3 is 1. The Morgan fingerprint density at radius 2 is 1.77 bits per heavy atom. The van der Waals surface area contributed by atoms with Gasteiger partial charge < -0.3 is 9.30 Å². The van der Waals surface area contributed by atoms with Crippen molar-refractivity contribution in [3.05, 3.63) is 100 Å². The van der Waals surface area contributed by atoms with Crippen LogP contribution in [0.5, 0.6) is 5.75 Å². The summed E-state index contributed by atoms with van der Waals surface area (Å²) in [5, 5.41) is 6.02. The maximum absolute atomic E-state index is 12.5. The number of benzene rings is 3. The molecule has 0 radical (unpaired) electrons. The highest BCUT2D eigenvalue weighted by atomic mass is 35.5. The number of ether oxygens (including phenoxy) is 1. The van der Waals surface area contributed by atoms with Crippen molar-refractivity contribution in [1.82, 2.24) is 9.99 Å². The standard InChI is InChI=1S/C25H22ClN3O2/c1-17-21(15-27-28-25(30)20-11-5-8-14-24(20)31-2)19-10-4-7-13-23(19)29(17)16-18-9-3-6-12-22(18)26/h3-15H,16H2,1-2H3,(H,28,30)/b27-15-. The second-order valence-electron chi connectivity index (χ2n) is 7.09. The molecule has 0 aliphatic rings. The Morgan fingerprint density at radius 3 is 2.58 bits per heavy atom. The number of hydrazone groups is 1. The lowest BCUT2D eigenvalue weighted by molar-refractivity contribution is 0.0952. The fourth-order valence-corrected chi connectivity index (χ4v) is 3.86. The fourth-order valence-electron chi connectivity index (χ4n) is 3.67. The lowest BCUT2D eigenvalue weighted by Crippen LogP contribution is -2.18. The number of aromatic nitrogens is 1. The normalized spacial score (nSPS) is 11.2. The van der Waals surface area contributed by atoms with Gasteiger partial charge in [0.15, 0.2) is 0 Å². The van der Waals surface area contributed by atoms with Gasteiger partial charge in [0.05, 0.1) is 18.9 Å². The maximum atomic E-state index is 12.5. The second kappa shape index (κ2) is 9.06. The molecule has 0 saturated carbocycles. The van der Waals surface area contributed by atoms with Crippen LogP contribution in [0.2, 0.25) is 5.02 Å². The van der Waals surface area contributed by atoms with Gasteiger partial charge in [-0.15, -0.1) is 0 Å². The summed E-state index contributed by atoms with van der Waals surface area (Å²) in [5.74, 6) is 0.175. The van der Waals surface area contributed by atoms with E-state index in [-0.39, 0.29) is 5.91 Å². The fraction of sp³-hybridized carbons (Fsp3) is 0.120. The van der Waals surface area contributed by atoms with E-state index in [1.807, 2.05) is 49.4 Å². The number of para-hydroxylation sites is 2. The van der Waals surface area contributed by atoms with Gasteiger partial charge in [-0.2, -0.15) is 5.10 Å². The Bertz CT molecular complexity index is 1280. The zero-order valence-electron chi connectivity index (χ0n) is 17.3. The van der Waals surface area contributed by atoms with Gasteiger partial charge in [-0.1, -0.05) is 60.1 Å². The van der Waals surface area contributed by atoms with Crippen LogP contribution in [0.3, 0.4) is 0 Å². The number of carbonyl (C=O) groups is 1. The molecule has 1 aromatic heterocycles. The number of hydrogen-bond acceptors (Lipinski definition) is 3. The number of rotatable bonds is 6. The Hall–Kier alpha value is -3.57. The molecule has 6 heteroatoms. The van der Waals surface area contributed by atoms with Crippen molar-refractivity contribution >= 4 is 34.6 Å². The van der Waals surface area contributed by atoms with Crippen molar-refractivity contribution in [3.63, 3.8) is 0 Å². The summed E-state index contributed by atoms with van der Waals surface area (Å²) in [6.07, 6.45) is 1.69. The van der Waals surface area contributed by atoms with Crippen LogP contribution >= 0.6 is 11.6 Å². The lowest BCUT2D eigenvalue weighted by Gasteiger charge is -2.10. The summed E-state index contributed by atoms with van der Waals surface area (Å²) in [6, 6.07) is 23.0. The number of nitrogens with one attached hydrogen (secondary N) is 1. The molecule has 0 bridgehead atoms. The van der Waals surface area contributed by atoms with Crippen LogP contribution in [0, 0.1) is 6.92 Å². The number of carbonyl (C=O) groups excluding carboxylic acids is 1. The van der Waals surface area contributed by atoms with Crippen LogP contribution < -0.4 is 10.2 Å². The van der Waals surface area contributed by atoms with Gasteiger partial charge in [-0.25, -0.2) is 5.43 Å². The van der Waals surface area contributed by atoms with E-state index in [2.05, 4.69) is 27.2 Å². The average molecular weight is 432 g/mol. The van der Waals surface area contributed by atoms with E-state index >= 15 is 0 Å². The van der Waals surface area contributed by atoms with Crippen LogP contribution in [0.25, 0.3) is 10.9 Å². The third-order valence-electron chi connectivity index (χ3n) is 5.28. The first-order valence-electron chi connectivity index (χ1n) is 9.88. The highest BCUT2D eigenvalue weighted by molar-refractivity contribution is 6.31. The highest BCUT2D eigenvalue weighted by Gasteiger charge is 2.14. The lowest BCUT2D eigenvalue weighted by atomic mass is 10.1. The molecule has 0 aliphatic heterocycles. The maximum Gasteiger partial charge on any atom is 0.275 e. The van der Waals surface area contributed by atoms with E-state index < -0.39 is 0 Å². The Labute approximate surface area is 185 Å². The summed E-state index contributed by atoms with van der Waals surface area (Å²) < 4.78 is 7.46. The first-order chi connectivity index (χ1) is 15.1. The molecule has 3 aromatic carbocycles. The minimum atomic E-state index is -0.328. The van der Waals surface area contributed by atoms with E-state index in [1.165, 1.54) is 7.11 Å². The molecule has 1 N–H and O–H groups in total. The molecule has 156 valence electrons. The highest BCUT2D eigenvalue weighted by Crippen LogP contribution is 2.27. The van der Waals surface area contributed by atoms with E-state index in [1.54, 1.807) is 24.4 Å². The first-order valence-corrected chi connectivity index (χ1v) is 10.3. The monoisotopic (exact) mass is 431 g/mol. The molecule has 0 saturated heterocycles. The predicted molar refractivity (Wildman–Crippen MR) is 125 cm³/mol. The number of halogens is 1. The van der Waals surface area contributed by atoms with Crippen LogP contribution in [-0.2, 0) is 6.54 Å². The average Bonchev–Trinajstić information content (AvgIpc) is 3.06. The zero-order chi connectivity index (χ0) is 21.8. The molecule has 0 unspecified atom stereocenters. The van der Waals surface area contributed by atoms with Gasteiger partial charge >= 0.3 is 0 Å². The molecule has 0 fully saturated rings. The minimum absolute atomic E-state index is 0.328. The third kappa shape index (κ3) is 4.18. The van der Waals surface area contributed by atoms with Gasteiger partial charge in [0, 0.05) is 33.7 Å². The van der Waals surface area contributed by atoms with E-state index in [0.717, 1.165) is 32.7 Å². The SMILES string of the molecule is COc1ccccc1C(=O)N/N=C\c1c(C)n(Cc2ccccc2Cl)c2ccccc12. The van der Waals surface area contributed by atoms with Crippen molar-refractivity contribution in [2.45, 2.75) is 13.5 Å². The van der Waals surface area contributed by atoms with Gasteiger partial charge in [-0.3, -0.25) is 4.79 Å². The molecule has 31 heavy (non-hydrogen) atoms. The summed E-state index contributed by atoms with van der Waals surface area (Å²) in [6.45, 7) is 2.69. The minimum Gasteiger partial charge on any atom is -0.496 e. The van der Waals surface area contributed by atoms with E-state index in [4.69, 9.17) is 16.3 Å². The second-order valence-corrected chi connectivity index (χ2v) is 7.50. The topological polar surface area (TPSA) is 55.6 Å². The Kier molecular flexibility index (Phi) is 6.05. The summed E-state index contributed by atoms with van der Waals surface area (Å²) in [5.41, 5.74) is 7.14. The van der Waals surface area contributed by atoms with Gasteiger partial charge in [0.25, 0.3) is 5.91 Å².